The van der Waals surface area contributed by atoms with Crippen LogP contribution in [0.1, 0.15) is 60.4 Å². The number of nitrogens with one attached hydrogen (secondary N) is 1. The fraction of sp³-hybridized carbons (Fsp3) is 0.483. The number of pyridine rings is 1. The van der Waals surface area contributed by atoms with Crippen LogP contribution in [0.3, 0.4) is 0 Å². The molecule has 2 unspecified atom stereocenters. The lowest BCUT2D eigenvalue weighted by molar-refractivity contribution is -0.120. The van der Waals surface area contributed by atoms with Gasteiger partial charge in [0.2, 0.25) is 0 Å². The fourth-order valence-electron chi connectivity index (χ4n) is 5.67. The molecule has 1 saturated heterocycles. The second kappa shape index (κ2) is 10.7. The summed E-state index contributed by atoms with van der Waals surface area (Å²) in [7, 11) is 0. The Morgan fingerprint density at radius 2 is 1.95 bits per heavy atom. The summed E-state index contributed by atoms with van der Waals surface area (Å²) in [6.45, 7) is 12.7. The fourth-order valence-corrected chi connectivity index (χ4v) is 5.67. The normalized spacial score (nSPS) is 21.9. The van der Waals surface area contributed by atoms with Crippen molar-refractivity contribution < 1.29 is 19.1 Å². The quantitative estimate of drug-likeness (QED) is 0.648. The number of morpholine rings is 1. The van der Waals surface area contributed by atoms with Crippen molar-refractivity contribution in [2.75, 3.05) is 46.1 Å². The van der Waals surface area contributed by atoms with Gasteiger partial charge in [0.05, 0.1) is 32.3 Å². The van der Waals surface area contributed by atoms with Gasteiger partial charge in [0.15, 0.2) is 0 Å². The molecule has 0 aromatic carbocycles. The van der Waals surface area contributed by atoms with Gasteiger partial charge in [0.1, 0.15) is 0 Å². The van der Waals surface area contributed by atoms with Crippen molar-refractivity contribution in [3.63, 3.8) is 0 Å². The van der Waals surface area contributed by atoms with Crippen LogP contribution in [0.25, 0.3) is 11.1 Å². The lowest BCUT2D eigenvalue weighted by Gasteiger charge is -2.34. The third-order valence-corrected chi connectivity index (χ3v) is 7.80. The van der Waals surface area contributed by atoms with Crippen molar-refractivity contribution in [3.05, 3.63) is 58.4 Å². The Hall–Kier alpha value is -3.07. The van der Waals surface area contributed by atoms with Gasteiger partial charge in [-0.25, -0.2) is 4.99 Å². The highest BCUT2D eigenvalue weighted by Gasteiger charge is 2.28. The van der Waals surface area contributed by atoms with Crippen molar-refractivity contribution in [1.82, 2.24) is 14.6 Å². The zero-order chi connectivity index (χ0) is 26.1. The van der Waals surface area contributed by atoms with Crippen molar-refractivity contribution in [3.8, 4) is 0 Å². The molecule has 8 nitrogen and oxygen atoms in total. The SMILES string of the molecule is CC1=CC(C)=NC(=O)C1CNC(=O)c1cc2cc(C3=CCOCC3)cn2c(C(C)N2CCOCC2)c1C. The summed E-state index contributed by atoms with van der Waals surface area (Å²) in [4.78, 5) is 32.5. The molecular formula is C29H36N4O4. The number of aliphatic imine (C=N–C) groups is 1. The average molecular weight is 505 g/mol. The molecule has 8 heteroatoms. The van der Waals surface area contributed by atoms with Gasteiger partial charge < -0.3 is 19.2 Å². The van der Waals surface area contributed by atoms with Crippen LogP contribution in [0.15, 0.2) is 41.0 Å². The van der Waals surface area contributed by atoms with E-state index in [4.69, 9.17) is 9.47 Å². The number of amides is 2. The first kappa shape index (κ1) is 25.6. The minimum atomic E-state index is -0.427. The summed E-state index contributed by atoms with van der Waals surface area (Å²) < 4.78 is 13.3. The molecule has 0 saturated carbocycles. The number of carbonyl (C=O) groups excluding carboxylic acids is 2. The first-order valence-electron chi connectivity index (χ1n) is 13.1. The Bertz CT molecular complexity index is 1310. The summed E-state index contributed by atoms with van der Waals surface area (Å²) in [6, 6.07) is 4.24. The van der Waals surface area contributed by atoms with Gasteiger partial charge in [-0.3, -0.25) is 14.5 Å². The third kappa shape index (κ3) is 5.19. The van der Waals surface area contributed by atoms with Crippen LogP contribution in [0.2, 0.25) is 0 Å². The molecule has 0 bridgehead atoms. The second-order valence-electron chi connectivity index (χ2n) is 10.2. The number of hydrogen-bond donors (Lipinski definition) is 1. The standard InChI is InChI=1S/C29H36N4O4/c1-18-13-19(2)31-29(35)26(18)16-30-28(34)25-15-24-14-23(22-5-9-36-10-6-22)17-33(24)27(20(25)3)21(4)32-7-11-37-12-8-32/h5,13-15,17,21,26H,6-12,16H2,1-4H3,(H,30,34). The van der Waals surface area contributed by atoms with Crippen LogP contribution >= 0.6 is 0 Å². The molecule has 2 aromatic rings. The molecular weight excluding hydrogens is 468 g/mol. The number of hydrogen-bond acceptors (Lipinski definition) is 5. The maximum atomic E-state index is 13.5. The maximum Gasteiger partial charge on any atom is 0.254 e. The van der Waals surface area contributed by atoms with Crippen molar-refractivity contribution in [2.24, 2.45) is 10.9 Å². The summed E-state index contributed by atoms with van der Waals surface area (Å²) in [5, 5.41) is 3.03. The molecule has 2 aromatic heterocycles. The van der Waals surface area contributed by atoms with Gasteiger partial charge in [0, 0.05) is 54.4 Å². The van der Waals surface area contributed by atoms with Crippen LogP contribution in [-0.4, -0.2) is 72.9 Å². The molecule has 3 aliphatic rings. The van der Waals surface area contributed by atoms with Crippen LogP contribution in [-0.2, 0) is 14.3 Å². The van der Waals surface area contributed by atoms with Gasteiger partial charge in [-0.2, -0.15) is 0 Å². The highest BCUT2D eigenvalue weighted by molar-refractivity contribution is 6.06. The average Bonchev–Trinajstić information content (AvgIpc) is 3.32. The molecule has 1 fully saturated rings. The van der Waals surface area contributed by atoms with E-state index in [2.05, 4.69) is 44.9 Å². The summed E-state index contributed by atoms with van der Waals surface area (Å²) in [5.41, 5.74) is 7.74. The molecule has 2 amide bonds. The Labute approximate surface area is 218 Å². The lowest BCUT2D eigenvalue weighted by atomic mass is 9.95. The highest BCUT2D eigenvalue weighted by atomic mass is 16.5. The number of aromatic nitrogens is 1. The van der Waals surface area contributed by atoms with E-state index in [1.807, 2.05) is 32.9 Å². The topological polar surface area (TPSA) is 84.6 Å². The number of rotatable bonds is 6. The number of ether oxygens (including phenoxy) is 2. The summed E-state index contributed by atoms with van der Waals surface area (Å²) >= 11 is 0. The van der Waals surface area contributed by atoms with Crippen LogP contribution in [0.5, 0.6) is 0 Å². The molecule has 1 N–H and O–H groups in total. The monoisotopic (exact) mass is 504 g/mol. The van der Waals surface area contributed by atoms with Gasteiger partial charge in [0.25, 0.3) is 11.8 Å². The van der Waals surface area contributed by atoms with E-state index in [1.54, 1.807) is 0 Å². The Morgan fingerprint density at radius 1 is 1.16 bits per heavy atom. The predicted molar refractivity (Wildman–Crippen MR) is 144 cm³/mol. The molecule has 5 rings (SSSR count). The van der Waals surface area contributed by atoms with Crippen LogP contribution in [0, 0.1) is 12.8 Å². The van der Waals surface area contributed by atoms with Crippen molar-refractivity contribution in [1.29, 1.82) is 0 Å². The second-order valence-corrected chi connectivity index (χ2v) is 10.2. The zero-order valence-corrected chi connectivity index (χ0v) is 22.2. The van der Waals surface area contributed by atoms with E-state index in [1.165, 1.54) is 5.57 Å². The largest absolute Gasteiger partial charge is 0.379 e. The van der Waals surface area contributed by atoms with E-state index in [9.17, 15) is 9.59 Å². The minimum Gasteiger partial charge on any atom is -0.379 e. The van der Waals surface area contributed by atoms with Gasteiger partial charge in [-0.05, 0) is 69.0 Å². The molecule has 2 atom stereocenters. The molecule has 0 radical (unpaired) electrons. The van der Waals surface area contributed by atoms with E-state index in [0.29, 0.717) is 31.1 Å². The van der Waals surface area contributed by atoms with Crippen LogP contribution < -0.4 is 5.32 Å². The first-order chi connectivity index (χ1) is 17.8. The van der Waals surface area contributed by atoms with Crippen molar-refractivity contribution in [2.45, 2.75) is 40.2 Å². The number of nitrogens with zero attached hydrogens (tertiary/aromatic N) is 3. The Morgan fingerprint density at radius 3 is 2.65 bits per heavy atom. The predicted octanol–water partition coefficient (Wildman–Crippen LogP) is 3.74. The molecule has 3 aliphatic heterocycles. The number of fused-ring (bicyclic) bond motifs is 1. The van der Waals surface area contributed by atoms with Gasteiger partial charge in [-0.1, -0.05) is 11.6 Å². The summed E-state index contributed by atoms with van der Waals surface area (Å²) in [5.74, 6) is -0.799. The molecule has 0 spiro atoms. The molecule has 5 heterocycles. The van der Waals surface area contributed by atoms with Crippen LogP contribution in [0.4, 0.5) is 0 Å². The molecule has 0 aliphatic carbocycles. The van der Waals surface area contributed by atoms with E-state index in [0.717, 1.165) is 54.0 Å². The molecule has 37 heavy (non-hydrogen) atoms. The Kier molecular flexibility index (Phi) is 7.42. The first-order valence-corrected chi connectivity index (χ1v) is 13.1. The molecule has 196 valence electrons. The van der Waals surface area contributed by atoms with Gasteiger partial charge >= 0.3 is 0 Å². The number of dihydropyridines is 1. The minimum absolute atomic E-state index is 0.102. The van der Waals surface area contributed by atoms with Gasteiger partial charge in [-0.15, -0.1) is 0 Å². The van der Waals surface area contributed by atoms with Crippen molar-refractivity contribution >= 4 is 28.6 Å². The van der Waals surface area contributed by atoms with E-state index in [-0.39, 0.29) is 24.4 Å². The maximum absolute atomic E-state index is 13.5. The van der Waals surface area contributed by atoms with E-state index < -0.39 is 5.92 Å². The lowest BCUT2D eigenvalue weighted by Crippen LogP contribution is -2.39. The number of allylic oxidation sites excluding steroid dienone is 1. The smallest absolute Gasteiger partial charge is 0.254 e. The summed E-state index contributed by atoms with van der Waals surface area (Å²) in [6.07, 6.45) is 7.13. The third-order valence-electron chi connectivity index (χ3n) is 7.80. The highest BCUT2D eigenvalue weighted by Crippen LogP contribution is 2.32. The Balaban J connectivity index is 1.50. The van der Waals surface area contributed by atoms with E-state index >= 15 is 0 Å². The number of carbonyl (C=O) groups is 2. The zero-order valence-electron chi connectivity index (χ0n) is 22.2.